The molecule has 0 aliphatic rings. The predicted molar refractivity (Wildman–Crippen MR) is 93.6 cm³/mol. The van der Waals surface area contributed by atoms with E-state index >= 15 is 0 Å². The van der Waals surface area contributed by atoms with Gasteiger partial charge in [0.2, 0.25) is 0 Å². The van der Waals surface area contributed by atoms with Gasteiger partial charge in [0.15, 0.2) is 0 Å². The minimum atomic E-state index is -3.92. The van der Waals surface area contributed by atoms with Gasteiger partial charge in [0, 0.05) is 28.2 Å². The van der Waals surface area contributed by atoms with Crippen molar-refractivity contribution < 1.29 is 12.8 Å². The summed E-state index contributed by atoms with van der Waals surface area (Å²) in [6, 6.07) is 11.3. The van der Waals surface area contributed by atoms with Gasteiger partial charge in [0.1, 0.15) is 11.3 Å². The van der Waals surface area contributed by atoms with Crippen molar-refractivity contribution in [2.45, 2.75) is 4.90 Å². The van der Waals surface area contributed by atoms with E-state index in [1.807, 2.05) is 0 Å². The van der Waals surface area contributed by atoms with Crippen molar-refractivity contribution in [2.24, 2.45) is 0 Å². The number of benzene rings is 2. The number of sulfonamides is 1. The molecule has 0 unspecified atom stereocenters. The van der Waals surface area contributed by atoms with Crippen LogP contribution in [0.5, 0.6) is 0 Å². The molecule has 0 spiro atoms. The Balaban J connectivity index is 1.82. The van der Waals surface area contributed by atoms with Gasteiger partial charge < -0.3 is 9.97 Å². The Morgan fingerprint density at radius 3 is 2.64 bits per heavy atom. The van der Waals surface area contributed by atoms with Crippen LogP contribution in [0, 0.1) is 5.82 Å². The number of rotatable bonds is 3. The molecule has 4 rings (SSSR count). The molecule has 3 N–H and O–H groups in total. The Morgan fingerprint density at radius 1 is 1.00 bits per heavy atom. The van der Waals surface area contributed by atoms with E-state index in [0.717, 1.165) is 6.07 Å². The van der Waals surface area contributed by atoms with Crippen molar-refractivity contribution in [2.75, 3.05) is 4.72 Å². The SMILES string of the molecule is O=c1[nH]c2ccc(NS(=O)(=O)c3cccc(F)c3)cc2c2cc[nH]c12. The van der Waals surface area contributed by atoms with Crippen molar-refractivity contribution in [3.05, 3.63) is 70.9 Å². The van der Waals surface area contributed by atoms with E-state index < -0.39 is 15.8 Å². The van der Waals surface area contributed by atoms with Crippen LogP contribution in [-0.4, -0.2) is 18.4 Å². The fourth-order valence-electron chi connectivity index (χ4n) is 2.75. The first-order valence-corrected chi connectivity index (χ1v) is 8.84. The second-order valence-corrected chi connectivity index (χ2v) is 7.23. The molecule has 0 fully saturated rings. The maximum absolute atomic E-state index is 13.3. The molecule has 0 aliphatic heterocycles. The molecule has 2 aromatic carbocycles. The third-order valence-electron chi connectivity index (χ3n) is 3.89. The number of aromatic amines is 2. The summed E-state index contributed by atoms with van der Waals surface area (Å²) in [5.41, 5.74) is 1.07. The van der Waals surface area contributed by atoms with Crippen LogP contribution in [0.2, 0.25) is 0 Å². The zero-order valence-corrected chi connectivity index (χ0v) is 13.5. The smallest absolute Gasteiger partial charge is 0.272 e. The number of fused-ring (bicyclic) bond motifs is 3. The zero-order chi connectivity index (χ0) is 17.6. The molecule has 0 saturated carbocycles. The van der Waals surface area contributed by atoms with Crippen LogP contribution in [0.15, 0.2) is 64.4 Å². The number of nitrogens with one attached hydrogen (secondary N) is 3. The van der Waals surface area contributed by atoms with Crippen LogP contribution in [0.1, 0.15) is 0 Å². The van der Waals surface area contributed by atoms with E-state index in [4.69, 9.17) is 0 Å². The fraction of sp³-hybridized carbons (Fsp3) is 0. The quantitative estimate of drug-likeness (QED) is 0.526. The van der Waals surface area contributed by atoms with Gasteiger partial charge in [-0.25, -0.2) is 12.8 Å². The van der Waals surface area contributed by atoms with E-state index in [9.17, 15) is 17.6 Å². The van der Waals surface area contributed by atoms with E-state index in [0.29, 0.717) is 27.5 Å². The maximum atomic E-state index is 13.3. The molecule has 4 aromatic rings. The minimum absolute atomic E-state index is 0.166. The van der Waals surface area contributed by atoms with E-state index in [-0.39, 0.29) is 10.5 Å². The molecule has 0 amide bonds. The van der Waals surface area contributed by atoms with Crippen LogP contribution in [0.4, 0.5) is 10.1 Å². The second kappa shape index (κ2) is 5.45. The highest BCUT2D eigenvalue weighted by Gasteiger charge is 2.15. The highest BCUT2D eigenvalue weighted by atomic mass is 32.2. The van der Waals surface area contributed by atoms with Crippen LogP contribution in [-0.2, 0) is 10.0 Å². The Morgan fingerprint density at radius 2 is 1.84 bits per heavy atom. The molecule has 0 bridgehead atoms. The molecule has 2 aromatic heterocycles. The standard InChI is InChI=1S/C17H12FN3O3S/c18-10-2-1-3-12(8-10)25(23,24)21-11-4-5-15-14(9-11)13-6-7-19-16(13)17(22)20-15/h1-9,19,21H,(H,20,22). The third kappa shape index (κ3) is 2.66. The van der Waals surface area contributed by atoms with Gasteiger partial charge in [-0.2, -0.15) is 0 Å². The van der Waals surface area contributed by atoms with Crippen molar-refractivity contribution in [1.82, 2.24) is 9.97 Å². The number of hydrogen-bond donors (Lipinski definition) is 3. The first-order chi connectivity index (χ1) is 11.9. The lowest BCUT2D eigenvalue weighted by molar-refractivity contribution is 0.595. The van der Waals surface area contributed by atoms with Gasteiger partial charge in [-0.3, -0.25) is 9.52 Å². The number of halogens is 1. The number of pyridine rings is 1. The summed E-state index contributed by atoms with van der Waals surface area (Å²) in [5.74, 6) is -0.631. The van der Waals surface area contributed by atoms with Crippen LogP contribution in [0.25, 0.3) is 21.8 Å². The Labute approximate surface area is 141 Å². The van der Waals surface area contributed by atoms with Crippen molar-refractivity contribution in [3.8, 4) is 0 Å². The van der Waals surface area contributed by atoms with Crippen LogP contribution in [0.3, 0.4) is 0 Å². The van der Waals surface area contributed by atoms with Gasteiger partial charge >= 0.3 is 0 Å². The Hall–Kier alpha value is -3.13. The highest BCUT2D eigenvalue weighted by molar-refractivity contribution is 7.92. The molecular weight excluding hydrogens is 345 g/mol. The zero-order valence-electron chi connectivity index (χ0n) is 12.7. The maximum Gasteiger partial charge on any atom is 0.272 e. The Kier molecular flexibility index (Phi) is 3.36. The molecule has 126 valence electrons. The molecular formula is C17H12FN3O3S. The molecule has 0 saturated heterocycles. The number of aromatic nitrogens is 2. The topological polar surface area (TPSA) is 94.8 Å². The fourth-order valence-corrected chi connectivity index (χ4v) is 3.83. The first kappa shape index (κ1) is 15.4. The first-order valence-electron chi connectivity index (χ1n) is 7.35. The monoisotopic (exact) mass is 357 g/mol. The molecule has 0 radical (unpaired) electrons. The largest absolute Gasteiger partial charge is 0.357 e. The van der Waals surface area contributed by atoms with Gasteiger partial charge in [0.25, 0.3) is 15.6 Å². The molecule has 0 atom stereocenters. The van der Waals surface area contributed by atoms with Crippen molar-refractivity contribution in [3.63, 3.8) is 0 Å². The summed E-state index contributed by atoms with van der Waals surface area (Å²) >= 11 is 0. The predicted octanol–water partition coefficient (Wildman–Crippen LogP) is 2.95. The Bertz CT molecular complexity index is 1280. The molecule has 8 heteroatoms. The van der Waals surface area contributed by atoms with E-state index in [2.05, 4.69) is 14.7 Å². The minimum Gasteiger partial charge on any atom is -0.357 e. The summed E-state index contributed by atoms with van der Waals surface area (Å²) in [6.07, 6.45) is 1.64. The molecule has 0 aliphatic carbocycles. The van der Waals surface area contributed by atoms with E-state index in [1.54, 1.807) is 24.4 Å². The number of H-pyrrole nitrogens is 2. The van der Waals surface area contributed by atoms with Crippen LogP contribution >= 0.6 is 0 Å². The lowest BCUT2D eigenvalue weighted by Gasteiger charge is -2.09. The van der Waals surface area contributed by atoms with E-state index in [1.165, 1.54) is 24.3 Å². The average molecular weight is 357 g/mol. The molecule has 6 nitrogen and oxygen atoms in total. The van der Waals surface area contributed by atoms with Gasteiger partial charge in [-0.05, 0) is 42.5 Å². The summed E-state index contributed by atoms with van der Waals surface area (Å²) < 4.78 is 40.6. The van der Waals surface area contributed by atoms with Gasteiger partial charge in [-0.1, -0.05) is 6.07 Å². The second-order valence-electron chi connectivity index (χ2n) is 5.54. The summed E-state index contributed by atoms with van der Waals surface area (Å²) in [6.45, 7) is 0. The lowest BCUT2D eigenvalue weighted by Crippen LogP contribution is -2.13. The number of hydrogen-bond acceptors (Lipinski definition) is 3. The molecule has 25 heavy (non-hydrogen) atoms. The number of anilines is 1. The van der Waals surface area contributed by atoms with Gasteiger partial charge in [0.05, 0.1) is 4.90 Å². The summed E-state index contributed by atoms with van der Waals surface area (Å²) in [7, 11) is -3.92. The average Bonchev–Trinajstić information content (AvgIpc) is 3.06. The summed E-state index contributed by atoms with van der Waals surface area (Å²) in [4.78, 5) is 17.4. The normalized spacial score (nSPS) is 11.9. The lowest BCUT2D eigenvalue weighted by atomic mass is 10.1. The third-order valence-corrected chi connectivity index (χ3v) is 5.27. The molecule has 2 heterocycles. The van der Waals surface area contributed by atoms with Crippen LogP contribution < -0.4 is 10.3 Å². The highest BCUT2D eigenvalue weighted by Crippen LogP contribution is 2.25. The summed E-state index contributed by atoms with van der Waals surface area (Å²) in [5, 5.41) is 1.38. The van der Waals surface area contributed by atoms with Crippen molar-refractivity contribution >= 4 is 37.5 Å². The van der Waals surface area contributed by atoms with Gasteiger partial charge in [-0.15, -0.1) is 0 Å². The van der Waals surface area contributed by atoms with Crippen molar-refractivity contribution in [1.29, 1.82) is 0 Å².